The maximum atomic E-state index is 12.6. The van der Waals surface area contributed by atoms with Crippen molar-refractivity contribution < 1.29 is 18.0 Å². The molecule has 0 aliphatic carbocycles. The Morgan fingerprint density at radius 3 is 2.37 bits per heavy atom. The molecular formula is C19H23N3O4S. The van der Waals surface area contributed by atoms with Crippen molar-refractivity contribution in [2.45, 2.75) is 32.1 Å². The zero-order valence-electron chi connectivity index (χ0n) is 15.4. The summed E-state index contributed by atoms with van der Waals surface area (Å²) < 4.78 is 27.6. The first kappa shape index (κ1) is 20.4. The van der Waals surface area contributed by atoms with Gasteiger partial charge in [-0.1, -0.05) is 32.0 Å². The zero-order chi connectivity index (χ0) is 20.0. The van der Waals surface area contributed by atoms with Gasteiger partial charge in [-0.15, -0.1) is 0 Å². The van der Waals surface area contributed by atoms with E-state index in [-0.39, 0.29) is 28.7 Å². The molecule has 2 aromatic rings. The van der Waals surface area contributed by atoms with Crippen molar-refractivity contribution in [3.05, 3.63) is 59.7 Å². The SMILES string of the molecule is Cc1cccc(NS(=O)(=O)c2cccc(C(=O)NNC(=O)CC(C)C)c2)c1. The first-order chi connectivity index (χ1) is 12.7. The summed E-state index contributed by atoms with van der Waals surface area (Å²) in [6.45, 7) is 5.63. The maximum absolute atomic E-state index is 12.6. The van der Waals surface area contributed by atoms with Crippen molar-refractivity contribution in [2.75, 3.05) is 4.72 Å². The number of aryl methyl sites for hydroxylation is 1. The van der Waals surface area contributed by atoms with Gasteiger partial charge < -0.3 is 0 Å². The monoisotopic (exact) mass is 389 g/mol. The van der Waals surface area contributed by atoms with E-state index in [4.69, 9.17) is 0 Å². The minimum absolute atomic E-state index is 0.0508. The van der Waals surface area contributed by atoms with E-state index in [2.05, 4.69) is 15.6 Å². The summed E-state index contributed by atoms with van der Waals surface area (Å²) in [5.41, 5.74) is 6.07. The fraction of sp³-hybridized carbons (Fsp3) is 0.263. The molecule has 0 fully saturated rings. The summed E-state index contributed by atoms with van der Waals surface area (Å²) in [6, 6.07) is 12.5. The molecule has 3 N–H and O–H groups in total. The number of amides is 2. The van der Waals surface area contributed by atoms with Gasteiger partial charge >= 0.3 is 0 Å². The number of hydrazine groups is 1. The topological polar surface area (TPSA) is 104 Å². The highest BCUT2D eigenvalue weighted by molar-refractivity contribution is 7.92. The number of anilines is 1. The molecule has 0 heterocycles. The van der Waals surface area contributed by atoms with Crippen molar-refractivity contribution >= 4 is 27.5 Å². The van der Waals surface area contributed by atoms with Crippen LogP contribution in [0, 0.1) is 12.8 Å². The highest BCUT2D eigenvalue weighted by Gasteiger charge is 2.17. The number of hydrogen-bond acceptors (Lipinski definition) is 4. The third-order valence-corrected chi connectivity index (χ3v) is 4.96. The predicted molar refractivity (Wildman–Crippen MR) is 103 cm³/mol. The van der Waals surface area contributed by atoms with E-state index in [1.165, 1.54) is 24.3 Å². The van der Waals surface area contributed by atoms with Gasteiger partial charge in [-0.05, 0) is 48.7 Å². The average molecular weight is 389 g/mol. The molecule has 0 atom stereocenters. The largest absolute Gasteiger partial charge is 0.280 e. The van der Waals surface area contributed by atoms with Gasteiger partial charge in [0.25, 0.3) is 15.9 Å². The second kappa shape index (κ2) is 8.68. The van der Waals surface area contributed by atoms with Crippen LogP contribution in [0.1, 0.15) is 36.2 Å². The lowest BCUT2D eigenvalue weighted by molar-refractivity contribution is -0.122. The molecule has 0 spiro atoms. The highest BCUT2D eigenvalue weighted by atomic mass is 32.2. The Kier molecular flexibility index (Phi) is 6.57. The quantitative estimate of drug-likeness (QED) is 0.661. The lowest BCUT2D eigenvalue weighted by Gasteiger charge is -2.11. The van der Waals surface area contributed by atoms with Crippen molar-refractivity contribution in [3.63, 3.8) is 0 Å². The maximum Gasteiger partial charge on any atom is 0.269 e. The summed E-state index contributed by atoms with van der Waals surface area (Å²) in [5, 5.41) is 0. The number of benzene rings is 2. The molecule has 27 heavy (non-hydrogen) atoms. The van der Waals surface area contributed by atoms with Crippen LogP contribution in [0.3, 0.4) is 0 Å². The van der Waals surface area contributed by atoms with Gasteiger partial charge in [0.2, 0.25) is 5.91 Å². The van der Waals surface area contributed by atoms with E-state index >= 15 is 0 Å². The van der Waals surface area contributed by atoms with Gasteiger partial charge in [-0.3, -0.25) is 25.2 Å². The van der Waals surface area contributed by atoms with E-state index in [0.717, 1.165) is 5.56 Å². The number of carbonyl (C=O) groups is 2. The smallest absolute Gasteiger partial charge is 0.269 e. The minimum atomic E-state index is -3.85. The van der Waals surface area contributed by atoms with Gasteiger partial charge in [0.05, 0.1) is 4.90 Å². The first-order valence-corrected chi connectivity index (χ1v) is 9.94. The van der Waals surface area contributed by atoms with Crippen LogP contribution in [0.25, 0.3) is 0 Å². The number of hydrogen-bond donors (Lipinski definition) is 3. The molecular weight excluding hydrogens is 366 g/mol. The second-order valence-corrected chi connectivity index (χ2v) is 8.29. The Hall–Kier alpha value is -2.87. The summed E-state index contributed by atoms with van der Waals surface area (Å²) in [7, 11) is -3.85. The van der Waals surface area contributed by atoms with Crippen LogP contribution in [0.2, 0.25) is 0 Å². The average Bonchev–Trinajstić information content (AvgIpc) is 2.59. The van der Waals surface area contributed by atoms with Gasteiger partial charge in [0.1, 0.15) is 0 Å². The number of nitrogens with one attached hydrogen (secondary N) is 3. The van der Waals surface area contributed by atoms with Crippen molar-refractivity contribution in [1.29, 1.82) is 0 Å². The van der Waals surface area contributed by atoms with E-state index in [1.54, 1.807) is 18.2 Å². The van der Waals surface area contributed by atoms with Gasteiger partial charge in [0.15, 0.2) is 0 Å². The Balaban J connectivity index is 2.11. The number of rotatable bonds is 6. The molecule has 144 valence electrons. The molecule has 0 saturated carbocycles. The standard InChI is InChI=1S/C19H23N3O4S/c1-13(2)10-18(23)20-21-19(24)15-7-5-9-17(12-15)27(25,26)22-16-8-4-6-14(3)11-16/h4-9,11-13,22H,10H2,1-3H3,(H,20,23)(H,21,24). The molecule has 2 amide bonds. The van der Waals surface area contributed by atoms with E-state index < -0.39 is 15.9 Å². The molecule has 7 nitrogen and oxygen atoms in total. The molecule has 0 aliphatic rings. The van der Waals surface area contributed by atoms with Crippen molar-refractivity contribution in [1.82, 2.24) is 10.9 Å². The Bertz CT molecular complexity index is 939. The Labute approximate surface area is 159 Å². The van der Waals surface area contributed by atoms with Crippen LogP contribution < -0.4 is 15.6 Å². The minimum Gasteiger partial charge on any atom is -0.280 e. The second-order valence-electron chi connectivity index (χ2n) is 6.60. The number of carbonyl (C=O) groups excluding carboxylic acids is 2. The Morgan fingerprint density at radius 1 is 1.00 bits per heavy atom. The zero-order valence-corrected chi connectivity index (χ0v) is 16.3. The van der Waals surface area contributed by atoms with Crippen LogP contribution in [0.4, 0.5) is 5.69 Å². The van der Waals surface area contributed by atoms with Crippen molar-refractivity contribution in [2.24, 2.45) is 5.92 Å². The van der Waals surface area contributed by atoms with Crippen LogP contribution in [-0.2, 0) is 14.8 Å². The molecule has 8 heteroatoms. The lowest BCUT2D eigenvalue weighted by Crippen LogP contribution is -2.42. The van der Waals surface area contributed by atoms with Gasteiger partial charge in [-0.2, -0.15) is 0 Å². The van der Waals surface area contributed by atoms with Crippen LogP contribution in [-0.4, -0.2) is 20.2 Å². The fourth-order valence-electron chi connectivity index (χ4n) is 2.35. The molecule has 0 aliphatic heterocycles. The first-order valence-electron chi connectivity index (χ1n) is 8.46. The van der Waals surface area contributed by atoms with Gasteiger partial charge in [-0.25, -0.2) is 8.42 Å². The third-order valence-electron chi connectivity index (χ3n) is 3.59. The molecule has 0 radical (unpaired) electrons. The Morgan fingerprint density at radius 2 is 1.70 bits per heavy atom. The summed E-state index contributed by atoms with van der Waals surface area (Å²) in [6.07, 6.45) is 0.273. The van der Waals surface area contributed by atoms with E-state index in [9.17, 15) is 18.0 Å². The summed E-state index contributed by atoms with van der Waals surface area (Å²) in [5.74, 6) is -0.758. The molecule has 0 unspecified atom stereocenters. The van der Waals surface area contributed by atoms with Crippen LogP contribution in [0.15, 0.2) is 53.4 Å². The highest BCUT2D eigenvalue weighted by Crippen LogP contribution is 2.18. The molecule has 0 bridgehead atoms. The number of sulfonamides is 1. The molecule has 2 rings (SSSR count). The third kappa shape index (κ3) is 6.10. The predicted octanol–water partition coefficient (Wildman–Crippen LogP) is 2.60. The fourth-order valence-corrected chi connectivity index (χ4v) is 3.44. The van der Waals surface area contributed by atoms with E-state index in [0.29, 0.717) is 5.69 Å². The lowest BCUT2D eigenvalue weighted by atomic mass is 10.1. The summed E-state index contributed by atoms with van der Waals surface area (Å²) in [4.78, 5) is 23.7. The van der Waals surface area contributed by atoms with Crippen LogP contribution in [0.5, 0.6) is 0 Å². The molecule has 0 aromatic heterocycles. The van der Waals surface area contributed by atoms with Crippen molar-refractivity contribution in [3.8, 4) is 0 Å². The van der Waals surface area contributed by atoms with E-state index in [1.807, 2.05) is 26.8 Å². The molecule has 2 aromatic carbocycles. The normalized spacial score (nSPS) is 11.1. The summed E-state index contributed by atoms with van der Waals surface area (Å²) >= 11 is 0. The van der Waals surface area contributed by atoms with Crippen LogP contribution >= 0.6 is 0 Å². The molecule has 0 saturated heterocycles. The van der Waals surface area contributed by atoms with Gasteiger partial charge in [0, 0.05) is 17.7 Å².